The number of aromatic nitrogens is 2. The van der Waals surface area contributed by atoms with Gasteiger partial charge in [0, 0.05) is 19.3 Å². The van der Waals surface area contributed by atoms with Gasteiger partial charge in [0.05, 0.1) is 12.5 Å². The third kappa shape index (κ3) is 2.25. The molecule has 0 aliphatic carbocycles. The number of rotatable bonds is 3. The van der Waals surface area contributed by atoms with Crippen molar-refractivity contribution in [2.24, 2.45) is 0 Å². The molecule has 2 aromatic rings. The number of esters is 1. The van der Waals surface area contributed by atoms with Gasteiger partial charge in [0.25, 0.3) is 0 Å². The van der Waals surface area contributed by atoms with Gasteiger partial charge in [0.2, 0.25) is 6.10 Å². The number of hydrogen-bond acceptors (Lipinski definition) is 5. The van der Waals surface area contributed by atoms with Gasteiger partial charge in [0.15, 0.2) is 5.76 Å². The third-order valence-corrected chi connectivity index (χ3v) is 1.94. The molecule has 5 heteroatoms. The van der Waals surface area contributed by atoms with Crippen molar-refractivity contribution in [1.29, 1.82) is 0 Å². The molecular weight excluding hydrogens is 208 g/mol. The molecule has 0 N–H and O–H groups in total. The van der Waals surface area contributed by atoms with Crippen molar-refractivity contribution in [2.45, 2.75) is 13.0 Å². The second-order valence-corrected chi connectivity index (χ2v) is 3.14. The number of carbonyl (C=O) groups excluding carboxylic acids is 1. The highest BCUT2D eigenvalue weighted by atomic mass is 16.6. The van der Waals surface area contributed by atoms with E-state index in [9.17, 15) is 4.79 Å². The minimum absolute atomic E-state index is 0.396. The Hall–Kier alpha value is -2.17. The predicted molar refractivity (Wildman–Crippen MR) is 54.3 cm³/mol. The maximum absolute atomic E-state index is 11.0. The molecule has 16 heavy (non-hydrogen) atoms. The molecule has 5 nitrogen and oxygen atoms in total. The third-order valence-electron chi connectivity index (χ3n) is 1.94. The zero-order valence-electron chi connectivity index (χ0n) is 8.66. The summed E-state index contributed by atoms with van der Waals surface area (Å²) >= 11 is 0. The lowest BCUT2D eigenvalue weighted by Gasteiger charge is -2.13. The van der Waals surface area contributed by atoms with E-state index < -0.39 is 12.1 Å². The molecule has 2 aromatic heterocycles. The summed E-state index contributed by atoms with van der Waals surface area (Å²) in [5.74, 6) is 0.128. The summed E-state index contributed by atoms with van der Waals surface area (Å²) in [6.45, 7) is 1.34. The molecule has 0 bridgehead atoms. The highest BCUT2D eigenvalue weighted by Crippen LogP contribution is 2.24. The first-order valence-corrected chi connectivity index (χ1v) is 4.74. The van der Waals surface area contributed by atoms with Gasteiger partial charge in [-0.1, -0.05) is 0 Å². The monoisotopic (exact) mass is 218 g/mol. The van der Waals surface area contributed by atoms with Crippen LogP contribution in [0.15, 0.2) is 41.4 Å². The topological polar surface area (TPSA) is 65.2 Å². The van der Waals surface area contributed by atoms with E-state index in [2.05, 4.69) is 9.97 Å². The lowest BCUT2D eigenvalue weighted by molar-refractivity contribution is -0.145. The number of carbonyl (C=O) groups is 1. The van der Waals surface area contributed by atoms with Crippen molar-refractivity contribution in [3.8, 4) is 0 Å². The smallest absolute Gasteiger partial charge is 0.303 e. The predicted octanol–water partition coefficient (Wildman–Crippen LogP) is 1.72. The summed E-state index contributed by atoms with van der Waals surface area (Å²) < 4.78 is 10.4. The van der Waals surface area contributed by atoms with E-state index in [1.54, 1.807) is 18.3 Å². The van der Waals surface area contributed by atoms with Crippen LogP contribution in [-0.4, -0.2) is 15.9 Å². The van der Waals surface area contributed by atoms with E-state index in [0.717, 1.165) is 0 Å². The normalized spacial score (nSPS) is 12.1. The summed E-state index contributed by atoms with van der Waals surface area (Å²) in [6, 6.07) is 3.45. The molecule has 0 aliphatic rings. The molecule has 0 amide bonds. The Kier molecular flexibility index (Phi) is 2.95. The Morgan fingerprint density at radius 2 is 2.38 bits per heavy atom. The number of furan rings is 1. The largest absolute Gasteiger partial charge is 0.465 e. The van der Waals surface area contributed by atoms with E-state index in [0.29, 0.717) is 11.5 Å². The molecule has 2 rings (SSSR count). The van der Waals surface area contributed by atoms with Crippen molar-refractivity contribution in [3.05, 3.63) is 48.4 Å². The molecule has 2 heterocycles. The fourth-order valence-corrected chi connectivity index (χ4v) is 1.32. The first kappa shape index (κ1) is 10.4. The molecular formula is C11H10N2O3. The highest BCUT2D eigenvalue weighted by Gasteiger charge is 2.21. The van der Waals surface area contributed by atoms with Gasteiger partial charge in [-0.15, -0.1) is 0 Å². The number of nitrogens with zero attached hydrogens (tertiary/aromatic N) is 2. The van der Waals surface area contributed by atoms with Crippen LogP contribution in [0.25, 0.3) is 0 Å². The van der Waals surface area contributed by atoms with Crippen LogP contribution in [0.1, 0.15) is 24.5 Å². The van der Waals surface area contributed by atoms with E-state index in [4.69, 9.17) is 9.15 Å². The van der Waals surface area contributed by atoms with Crippen molar-refractivity contribution in [3.63, 3.8) is 0 Å². The van der Waals surface area contributed by atoms with Gasteiger partial charge in [-0.2, -0.15) is 0 Å². The van der Waals surface area contributed by atoms with Crippen LogP contribution in [0.2, 0.25) is 0 Å². The fraction of sp³-hybridized carbons (Fsp3) is 0.182. The molecule has 1 atom stereocenters. The molecule has 0 radical (unpaired) electrons. The van der Waals surface area contributed by atoms with Crippen LogP contribution >= 0.6 is 0 Å². The van der Waals surface area contributed by atoms with Crippen molar-refractivity contribution < 1.29 is 13.9 Å². The Morgan fingerprint density at radius 3 is 2.94 bits per heavy atom. The molecule has 82 valence electrons. The maximum Gasteiger partial charge on any atom is 0.303 e. The van der Waals surface area contributed by atoms with Gasteiger partial charge in [-0.25, -0.2) is 0 Å². The van der Waals surface area contributed by atoms with Crippen LogP contribution in [-0.2, 0) is 9.53 Å². The molecule has 0 aliphatic heterocycles. The minimum Gasteiger partial charge on any atom is -0.465 e. The average molecular weight is 218 g/mol. The van der Waals surface area contributed by atoms with Crippen LogP contribution in [0.4, 0.5) is 0 Å². The van der Waals surface area contributed by atoms with Crippen molar-refractivity contribution in [2.75, 3.05) is 0 Å². The molecule has 1 unspecified atom stereocenters. The summed E-state index contributed by atoms with van der Waals surface area (Å²) in [5, 5.41) is 0. The van der Waals surface area contributed by atoms with Crippen molar-refractivity contribution >= 4 is 5.97 Å². The fourth-order valence-electron chi connectivity index (χ4n) is 1.32. The average Bonchev–Trinajstić information content (AvgIpc) is 2.80. The summed E-state index contributed by atoms with van der Waals surface area (Å²) in [7, 11) is 0. The Labute approximate surface area is 92.1 Å². The standard InChI is InChI=1S/C11H10N2O3/c1-8(14)16-11(10-3-2-6-15-10)9-7-12-4-5-13-9/h2-7,11H,1H3. The zero-order valence-corrected chi connectivity index (χ0v) is 8.66. The Bertz CT molecular complexity index is 453. The van der Waals surface area contributed by atoms with Crippen molar-refractivity contribution in [1.82, 2.24) is 9.97 Å². The summed E-state index contributed by atoms with van der Waals surface area (Å²) in [5.41, 5.74) is 0.535. The first-order valence-electron chi connectivity index (χ1n) is 4.74. The van der Waals surface area contributed by atoms with E-state index >= 15 is 0 Å². The lowest BCUT2D eigenvalue weighted by atomic mass is 10.2. The van der Waals surface area contributed by atoms with E-state index in [1.807, 2.05) is 0 Å². The van der Waals surface area contributed by atoms with E-state index in [1.165, 1.54) is 25.6 Å². The SMILES string of the molecule is CC(=O)OC(c1cnccn1)c1ccco1. The second-order valence-electron chi connectivity index (χ2n) is 3.14. The summed E-state index contributed by atoms with van der Waals surface area (Å²) in [6.07, 6.45) is 5.50. The minimum atomic E-state index is -0.638. The Balaban J connectivity index is 2.32. The van der Waals surface area contributed by atoms with Crippen LogP contribution in [0.5, 0.6) is 0 Å². The molecule has 0 spiro atoms. The molecule has 0 aromatic carbocycles. The molecule has 0 fully saturated rings. The highest BCUT2D eigenvalue weighted by molar-refractivity contribution is 5.66. The van der Waals surface area contributed by atoms with Crippen LogP contribution in [0, 0.1) is 0 Å². The van der Waals surface area contributed by atoms with Crippen LogP contribution in [0.3, 0.4) is 0 Å². The lowest BCUT2D eigenvalue weighted by Crippen LogP contribution is -2.11. The summed E-state index contributed by atoms with van der Waals surface area (Å²) in [4.78, 5) is 19.0. The van der Waals surface area contributed by atoms with Gasteiger partial charge >= 0.3 is 5.97 Å². The van der Waals surface area contributed by atoms with E-state index in [-0.39, 0.29) is 0 Å². The molecule has 0 saturated heterocycles. The molecule has 0 saturated carbocycles. The first-order chi connectivity index (χ1) is 7.77. The second kappa shape index (κ2) is 4.57. The number of ether oxygens (including phenoxy) is 1. The van der Waals surface area contributed by atoms with Gasteiger partial charge in [-0.05, 0) is 12.1 Å². The van der Waals surface area contributed by atoms with Gasteiger partial charge in [-0.3, -0.25) is 14.8 Å². The zero-order chi connectivity index (χ0) is 11.4. The van der Waals surface area contributed by atoms with Gasteiger partial charge < -0.3 is 9.15 Å². The number of hydrogen-bond donors (Lipinski definition) is 0. The van der Waals surface area contributed by atoms with Gasteiger partial charge in [0.1, 0.15) is 5.69 Å². The Morgan fingerprint density at radius 1 is 1.50 bits per heavy atom. The van der Waals surface area contributed by atoms with Crippen LogP contribution < -0.4 is 0 Å². The maximum atomic E-state index is 11.0. The quantitative estimate of drug-likeness (QED) is 0.734.